The van der Waals surface area contributed by atoms with Crippen LogP contribution in [0, 0.1) is 0 Å². The molecule has 0 radical (unpaired) electrons. The van der Waals surface area contributed by atoms with Crippen LogP contribution < -0.4 is 4.74 Å². The lowest BCUT2D eigenvalue weighted by Gasteiger charge is -2.29. The molecule has 1 saturated heterocycles. The first-order valence-corrected chi connectivity index (χ1v) is 9.60. The van der Waals surface area contributed by atoms with Crippen LogP contribution in [-0.4, -0.2) is 48.9 Å². The number of methoxy groups -OCH3 is 1. The normalized spacial score (nSPS) is 19.3. The van der Waals surface area contributed by atoms with Gasteiger partial charge in [-0.05, 0) is 31.9 Å². The quantitative estimate of drug-likeness (QED) is 0.821. The number of nitrogens with zero attached hydrogens (tertiary/aromatic N) is 3. The van der Waals surface area contributed by atoms with Crippen molar-refractivity contribution in [3.05, 3.63) is 30.2 Å². The number of aromatic nitrogens is 2. The number of ether oxygens (including phenoxy) is 1. The molecule has 0 N–H and O–H groups in total. The van der Waals surface area contributed by atoms with Crippen molar-refractivity contribution < 1.29 is 17.6 Å². The zero-order chi connectivity index (χ0) is 17.2. The molecular weight excluding hydrogens is 330 g/mol. The van der Waals surface area contributed by atoms with E-state index in [1.54, 1.807) is 14.0 Å². The molecule has 2 heterocycles. The number of piperidine rings is 1. The Morgan fingerprint density at radius 3 is 2.88 bits per heavy atom. The van der Waals surface area contributed by atoms with E-state index < -0.39 is 10.0 Å². The number of para-hydroxylation sites is 1. The SMILES string of the molecule is CCS(=O)(=O)N1CCCC(c2nnc(-c3ccccc3OC)o2)C1. The third-order valence-electron chi connectivity index (χ3n) is 4.27. The average molecular weight is 351 g/mol. The molecule has 0 spiro atoms. The summed E-state index contributed by atoms with van der Waals surface area (Å²) in [6, 6.07) is 7.42. The minimum Gasteiger partial charge on any atom is -0.496 e. The highest BCUT2D eigenvalue weighted by Crippen LogP contribution is 2.32. The van der Waals surface area contributed by atoms with Gasteiger partial charge >= 0.3 is 0 Å². The van der Waals surface area contributed by atoms with E-state index in [0.717, 1.165) is 18.4 Å². The summed E-state index contributed by atoms with van der Waals surface area (Å²) in [7, 11) is -1.61. The smallest absolute Gasteiger partial charge is 0.251 e. The fraction of sp³-hybridized carbons (Fsp3) is 0.500. The molecule has 0 saturated carbocycles. The van der Waals surface area contributed by atoms with Crippen molar-refractivity contribution in [2.24, 2.45) is 0 Å². The third-order valence-corrected chi connectivity index (χ3v) is 6.12. The summed E-state index contributed by atoms with van der Waals surface area (Å²) in [4.78, 5) is 0. The molecule has 0 amide bonds. The van der Waals surface area contributed by atoms with Crippen LogP contribution in [0.25, 0.3) is 11.5 Å². The number of hydrogen-bond acceptors (Lipinski definition) is 6. The zero-order valence-corrected chi connectivity index (χ0v) is 14.6. The molecule has 7 nitrogen and oxygen atoms in total. The van der Waals surface area contributed by atoms with E-state index in [2.05, 4.69) is 10.2 Å². The Labute approximate surface area is 141 Å². The van der Waals surface area contributed by atoms with Gasteiger partial charge in [0.15, 0.2) is 0 Å². The van der Waals surface area contributed by atoms with E-state index in [1.165, 1.54) is 4.31 Å². The van der Waals surface area contributed by atoms with Crippen molar-refractivity contribution in [2.75, 3.05) is 26.0 Å². The molecule has 1 aromatic carbocycles. The van der Waals surface area contributed by atoms with Gasteiger partial charge in [-0.3, -0.25) is 0 Å². The van der Waals surface area contributed by atoms with E-state index in [0.29, 0.717) is 30.6 Å². The van der Waals surface area contributed by atoms with Crippen LogP contribution in [0.2, 0.25) is 0 Å². The Bertz CT molecular complexity index is 803. The van der Waals surface area contributed by atoms with Crippen LogP contribution in [0.1, 0.15) is 31.6 Å². The van der Waals surface area contributed by atoms with Crippen LogP contribution in [0.3, 0.4) is 0 Å². The number of hydrogen-bond donors (Lipinski definition) is 0. The standard InChI is InChI=1S/C16H21N3O4S/c1-3-24(20,21)19-10-6-7-12(11-19)15-17-18-16(23-15)13-8-4-5-9-14(13)22-2/h4-5,8-9,12H,3,6-7,10-11H2,1-2H3. The Morgan fingerprint density at radius 2 is 2.12 bits per heavy atom. The highest BCUT2D eigenvalue weighted by Gasteiger charge is 2.31. The predicted molar refractivity (Wildman–Crippen MR) is 89.3 cm³/mol. The van der Waals surface area contributed by atoms with Gasteiger partial charge in [0.2, 0.25) is 15.9 Å². The number of benzene rings is 1. The summed E-state index contributed by atoms with van der Waals surface area (Å²) < 4.78 is 36.8. The van der Waals surface area contributed by atoms with Crippen LogP contribution in [-0.2, 0) is 10.0 Å². The molecule has 1 aliphatic heterocycles. The lowest BCUT2D eigenvalue weighted by molar-refractivity contribution is 0.286. The van der Waals surface area contributed by atoms with E-state index in [9.17, 15) is 8.42 Å². The zero-order valence-electron chi connectivity index (χ0n) is 13.8. The lowest BCUT2D eigenvalue weighted by Crippen LogP contribution is -2.39. The van der Waals surface area contributed by atoms with E-state index in [1.807, 2.05) is 24.3 Å². The minimum absolute atomic E-state index is 0.0731. The van der Waals surface area contributed by atoms with E-state index >= 15 is 0 Å². The Kier molecular flexibility index (Phi) is 4.86. The fourth-order valence-corrected chi connectivity index (χ4v) is 4.09. The maximum atomic E-state index is 12.1. The van der Waals surface area contributed by atoms with Gasteiger partial charge in [-0.2, -0.15) is 0 Å². The Balaban J connectivity index is 1.83. The topological polar surface area (TPSA) is 85.5 Å². The van der Waals surface area contributed by atoms with Gasteiger partial charge < -0.3 is 9.15 Å². The largest absolute Gasteiger partial charge is 0.496 e. The van der Waals surface area contributed by atoms with Crippen LogP contribution >= 0.6 is 0 Å². The van der Waals surface area contributed by atoms with Gasteiger partial charge in [-0.25, -0.2) is 12.7 Å². The van der Waals surface area contributed by atoms with Crippen LogP contribution in [0.5, 0.6) is 5.75 Å². The Hall–Kier alpha value is -1.93. The van der Waals surface area contributed by atoms with Crippen molar-refractivity contribution in [3.8, 4) is 17.2 Å². The molecule has 3 rings (SSSR count). The first-order valence-electron chi connectivity index (χ1n) is 7.99. The first-order chi connectivity index (χ1) is 11.5. The van der Waals surface area contributed by atoms with Gasteiger partial charge in [0.25, 0.3) is 5.89 Å². The van der Waals surface area contributed by atoms with Crippen molar-refractivity contribution in [1.29, 1.82) is 0 Å². The molecule has 0 aliphatic carbocycles. The second kappa shape index (κ2) is 6.90. The molecule has 24 heavy (non-hydrogen) atoms. The molecule has 1 aromatic heterocycles. The lowest BCUT2D eigenvalue weighted by atomic mass is 10.00. The van der Waals surface area contributed by atoms with E-state index in [-0.39, 0.29) is 11.7 Å². The first kappa shape index (κ1) is 16.9. The van der Waals surface area contributed by atoms with E-state index in [4.69, 9.17) is 9.15 Å². The van der Waals surface area contributed by atoms with Gasteiger partial charge in [0.1, 0.15) is 5.75 Å². The number of sulfonamides is 1. The predicted octanol–water partition coefficient (Wildman–Crippen LogP) is 2.27. The van der Waals surface area contributed by atoms with Crippen LogP contribution in [0.4, 0.5) is 0 Å². The summed E-state index contributed by atoms with van der Waals surface area (Å²) in [5, 5.41) is 8.25. The molecule has 1 atom stereocenters. The molecule has 8 heteroatoms. The highest BCUT2D eigenvalue weighted by molar-refractivity contribution is 7.89. The maximum Gasteiger partial charge on any atom is 0.251 e. The van der Waals surface area contributed by atoms with Crippen molar-refractivity contribution in [3.63, 3.8) is 0 Å². The summed E-state index contributed by atoms with van der Waals surface area (Å²) in [5.41, 5.74) is 0.729. The van der Waals surface area contributed by atoms with Gasteiger partial charge in [0, 0.05) is 13.1 Å². The molecule has 1 aliphatic rings. The second-order valence-electron chi connectivity index (χ2n) is 5.74. The molecule has 1 unspecified atom stereocenters. The van der Waals surface area contributed by atoms with Gasteiger partial charge in [-0.15, -0.1) is 10.2 Å². The summed E-state index contributed by atoms with van der Waals surface area (Å²) in [6.45, 7) is 2.61. The molecule has 2 aromatic rings. The third kappa shape index (κ3) is 3.29. The summed E-state index contributed by atoms with van der Waals surface area (Å²) in [5.74, 6) is 1.56. The average Bonchev–Trinajstić information content (AvgIpc) is 3.11. The number of rotatable bonds is 5. The van der Waals surface area contributed by atoms with Crippen molar-refractivity contribution >= 4 is 10.0 Å². The highest BCUT2D eigenvalue weighted by atomic mass is 32.2. The second-order valence-corrected chi connectivity index (χ2v) is 8.00. The van der Waals surface area contributed by atoms with Crippen molar-refractivity contribution in [1.82, 2.24) is 14.5 Å². The van der Waals surface area contributed by atoms with Gasteiger partial charge in [0.05, 0.1) is 24.3 Å². The summed E-state index contributed by atoms with van der Waals surface area (Å²) in [6.07, 6.45) is 1.62. The summed E-state index contributed by atoms with van der Waals surface area (Å²) >= 11 is 0. The molecule has 0 bridgehead atoms. The van der Waals surface area contributed by atoms with Gasteiger partial charge in [-0.1, -0.05) is 12.1 Å². The van der Waals surface area contributed by atoms with Crippen LogP contribution in [0.15, 0.2) is 28.7 Å². The molecule has 130 valence electrons. The molecule has 1 fully saturated rings. The fourth-order valence-electron chi connectivity index (χ4n) is 2.91. The monoisotopic (exact) mass is 351 g/mol. The van der Waals surface area contributed by atoms with Crippen molar-refractivity contribution in [2.45, 2.75) is 25.7 Å². The molecular formula is C16H21N3O4S. The maximum absolute atomic E-state index is 12.1. The Morgan fingerprint density at radius 1 is 1.33 bits per heavy atom. The minimum atomic E-state index is -3.19.